The van der Waals surface area contributed by atoms with E-state index < -0.39 is 11.6 Å². The molecule has 2 N–H and O–H groups in total. The highest BCUT2D eigenvalue weighted by Crippen LogP contribution is 2.37. The fourth-order valence-electron chi connectivity index (χ4n) is 4.84. The molecule has 0 unspecified atom stereocenters. The quantitative estimate of drug-likeness (QED) is 0.158. The van der Waals surface area contributed by atoms with Crippen molar-refractivity contribution in [1.82, 2.24) is 34.9 Å². The fourth-order valence-corrected chi connectivity index (χ4v) is 4.84. The molecule has 0 saturated carbocycles. The number of oxazole rings is 1. The topological polar surface area (TPSA) is 146 Å². The van der Waals surface area contributed by atoms with E-state index in [1.165, 1.54) is 28.9 Å². The summed E-state index contributed by atoms with van der Waals surface area (Å²) >= 11 is 0. The van der Waals surface area contributed by atoms with Gasteiger partial charge in [0, 0.05) is 5.56 Å². The van der Waals surface area contributed by atoms with Crippen molar-refractivity contribution >= 4 is 23.3 Å². The van der Waals surface area contributed by atoms with Crippen LogP contribution >= 0.6 is 0 Å². The van der Waals surface area contributed by atoms with Crippen molar-refractivity contribution < 1.29 is 22.0 Å². The number of furan rings is 2. The number of nitrogens with zero attached hydrogens (tertiary/aromatic N) is 7. The van der Waals surface area contributed by atoms with Crippen LogP contribution in [0.2, 0.25) is 0 Å². The average molecular weight is 642 g/mol. The van der Waals surface area contributed by atoms with Crippen LogP contribution in [0.15, 0.2) is 129 Å². The summed E-state index contributed by atoms with van der Waals surface area (Å²) in [6.07, 6.45) is 4.73. The first-order chi connectivity index (χ1) is 23.6. The van der Waals surface area contributed by atoms with Crippen LogP contribution in [0.5, 0.6) is 0 Å². The molecule has 5 aromatic heterocycles. The third kappa shape index (κ3) is 5.64. The van der Waals surface area contributed by atoms with Gasteiger partial charge in [-0.15, -0.1) is 5.10 Å². The van der Waals surface area contributed by atoms with Crippen molar-refractivity contribution in [2.75, 3.05) is 10.6 Å². The zero-order valence-electron chi connectivity index (χ0n) is 24.6. The van der Waals surface area contributed by atoms with Gasteiger partial charge in [-0.3, -0.25) is 0 Å². The zero-order valence-corrected chi connectivity index (χ0v) is 24.6. The van der Waals surface area contributed by atoms with Crippen LogP contribution in [-0.4, -0.2) is 34.9 Å². The summed E-state index contributed by atoms with van der Waals surface area (Å²) in [7, 11) is 0. The number of hydrogen-bond acceptors (Lipinski definition) is 11. The van der Waals surface area contributed by atoms with Crippen molar-refractivity contribution in [1.29, 1.82) is 0 Å². The second-order valence-corrected chi connectivity index (χ2v) is 10.3. The summed E-state index contributed by atoms with van der Waals surface area (Å²) in [6, 6.07) is 26.6. The molecule has 0 aliphatic carbocycles. The van der Waals surface area contributed by atoms with Crippen LogP contribution in [0.1, 0.15) is 0 Å². The third-order valence-electron chi connectivity index (χ3n) is 7.08. The first-order valence-electron chi connectivity index (χ1n) is 14.5. The maximum atomic E-state index is 14.5. The van der Waals surface area contributed by atoms with E-state index in [4.69, 9.17) is 18.2 Å². The molecule has 48 heavy (non-hydrogen) atoms. The summed E-state index contributed by atoms with van der Waals surface area (Å²) in [5.74, 6) is 0.881. The normalized spacial score (nSPS) is 11.1. The average Bonchev–Trinajstić information content (AvgIpc) is 3.94. The van der Waals surface area contributed by atoms with E-state index in [1.807, 2.05) is 24.3 Å². The minimum Gasteiger partial charge on any atom is -0.463 e. The number of hydrogen-bond donors (Lipinski definition) is 2. The predicted octanol–water partition coefficient (Wildman–Crippen LogP) is 8.06. The molecule has 0 aliphatic heterocycles. The molecule has 0 bridgehead atoms. The minimum atomic E-state index is -0.507. The van der Waals surface area contributed by atoms with E-state index in [0.29, 0.717) is 40.1 Å². The molecular weight excluding hydrogens is 620 g/mol. The number of para-hydroxylation sites is 2. The molecular formula is C34H21F2N9O3. The van der Waals surface area contributed by atoms with E-state index in [9.17, 15) is 8.78 Å². The Morgan fingerprint density at radius 2 is 1.31 bits per heavy atom. The standard InChI is InChI=1S/C34H21F2N9O3/c35-22-10-1-3-12-24(22)37-33-40-31(41-34(42-33)38-25-13-4-2-11-23(25)36)26-19-45(44-43-26)21-9-5-8-20(18-21)32-39-29(27-14-6-16-46-27)30(48-32)28-15-7-17-47-28/h1-19H,(H2,37,38,40,41,42). The van der Waals surface area contributed by atoms with E-state index >= 15 is 0 Å². The molecule has 0 radical (unpaired) electrons. The summed E-state index contributed by atoms with van der Waals surface area (Å²) in [6.45, 7) is 0. The van der Waals surface area contributed by atoms with Gasteiger partial charge >= 0.3 is 0 Å². The largest absolute Gasteiger partial charge is 0.463 e. The number of aromatic nitrogens is 7. The number of benzene rings is 3. The molecule has 0 spiro atoms. The van der Waals surface area contributed by atoms with Crippen LogP contribution in [-0.2, 0) is 0 Å². The lowest BCUT2D eigenvalue weighted by Gasteiger charge is -2.10. The molecule has 8 aromatic rings. The van der Waals surface area contributed by atoms with Crippen LogP contribution < -0.4 is 10.6 Å². The highest BCUT2D eigenvalue weighted by molar-refractivity contribution is 5.74. The number of halogens is 2. The van der Waals surface area contributed by atoms with Crippen molar-refractivity contribution in [2.24, 2.45) is 0 Å². The molecule has 0 atom stereocenters. The summed E-state index contributed by atoms with van der Waals surface area (Å²) in [4.78, 5) is 17.9. The van der Waals surface area contributed by atoms with E-state index in [-0.39, 0.29) is 34.8 Å². The lowest BCUT2D eigenvalue weighted by atomic mass is 10.2. The highest BCUT2D eigenvalue weighted by atomic mass is 19.1. The van der Waals surface area contributed by atoms with Gasteiger partial charge in [0.05, 0.1) is 35.8 Å². The minimum absolute atomic E-state index is 0.00380. The fraction of sp³-hybridized carbons (Fsp3) is 0. The van der Waals surface area contributed by atoms with Crippen molar-refractivity contribution in [3.05, 3.63) is 127 Å². The molecule has 234 valence electrons. The second kappa shape index (κ2) is 12.1. The maximum Gasteiger partial charge on any atom is 0.232 e. The number of rotatable bonds is 9. The van der Waals surface area contributed by atoms with Gasteiger partial charge in [-0.1, -0.05) is 35.5 Å². The Kier molecular flexibility index (Phi) is 7.18. The Hall–Kier alpha value is -6.96. The second-order valence-electron chi connectivity index (χ2n) is 10.3. The van der Waals surface area contributed by atoms with Gasteiger partial charge in [0.2, 0.25) is 23.5 Å². The van der Waals surface area contributed by atoms with Crippen molar-refractivity contribution in [2.45, 2.75) is 0 Å². The van der Waals surface area contributed by atoms with Crippen molar-refractivity contribution in [3.8, 4) is 51.6 Å². The molecule has 8 rings (SSSR count). The zero-order chi connectivity index (χ0) is 32.5. The SMILES string of the molecule is Fc1ccccc1Nc1nc(Nc2ccccc2F)nc(-c2cn(-c3cccc(-c4nc(-c5ccco5)c(-c5ccco5)o4)c3)nn2)n1. The molecule has 5 heterocycles. The van der Waals surface area contributed by atoms with Gasteiger partial charge in [-0.25, -0.2) is 18.4 Å². The van der Waals surface area contributed by atoms with E-state index in [1.54, 1.807) is 67.3 Å². The monoisotopic (exact) mass is 641 g/mol. The van der Waals surface area contributed by atoms with Gasteiger partial charge in [-0.05, 0) is 66.7 Å². The molecule has 14 heteroatoms. The number of anilines is 4. The first-order valence-corrected chi connectivity index (χ1v) is 14.5. The van der Waals surface area contributed by atoms with Crippen molar-refractivity contribution in [3.63, 3.8) is 0 Å². The Morgan fingerprint density at radius 1 is 0.646 bits per heavy atom. The highest BCUT2D eigenvalue weighted by Gasteiger charge is 2.22. The van der Waals surface area contributed by atoms with Crippen LogP contribution in [0, 0.1) is 11.6 Å². The molecule has 0 saturated heterocycles. The van der Waals surface area contributed by atoms with E-state index in [2.05, 4.69) is 35.9 Å². The summed E-state index contributed by atoms with van der Waals surface area (Å²) in [5.41, 5.74) is 2.34. The van der Waals surface area contributed by atoms with Gasteiger partial charge in [0.25, 0.3) is 0 Å². The molecule has 12 nitrogen and oxygen atoms in total. The lowest BCUT2D eigenvalue weighted by molar-refractivity contribution is 0.527. The number of nitrogens with one attached hydrogen (secondary N) is 2. The summed E-state index contributed by atoms with van der Waals surface area (Å²) < 4.78 is 47.8. The van der Waals surface area contributed by atoms with Crippen LogP contribution in [0.3, 0.4) is 0 Å². The Balaban J connectivity index is 1.14. The van der Waals surface area contributed by atoms with Gasteiger partial charge < -0.3 is 23.9 Å². The van der Waals surface area contributed by atoms with Gasteiger partial charge in [0.1, 0.15) is 11.6 Å². The Labute approximate surface area is 269 Å². The van der Waals surface area contributed by atoms with Gasteiger partial charge in [0.15, 0.2) is 28.7 Å². The Morgan fingerprint density at radius 3 is 1.96 bits per heavy atom. The predicted molar refractivity (Wildman–Crippen MR) is 170 cm³/mol. The summed E-state index contributed by atoms with van der Waals surface area (Å²) in [5, 5.41) is 14.3. The first kappa shape index (κ1) is 28.5. The van der Waals surface area contributed by atoms with Gasteiger partial charge in [-0.2, -0.15) is 15.0 Å². The molecule has 3 aromatic carbocycles. The van der Waals surface area contributed by atoms with E-state index in [0.717, 1.165) is 0 Å². The van der Waals surface area contributed by atoms with Crippen LogP contribution in [0.25, 0.3) is 51.6 Å². The maximum absolute atomic E-state index is 14.5. The smallest absolute Gasteiger partial charge is 0.232 e. The Bertz CT molecular complexity index is 2230. The third-order valence-corrected chi connectivity index (χ3v) is 7.08. The molecule has 0 fully saturated rings. The molecule has 0 amide bonds. The van der Waals surface area contributed by atoms with Crippen LogP contribution in [0.4, 0.5) is 32.1 Å². The lowest BCUT2D eigenvalue weighted by Crippen LogP contribution is -2.07. The molecule has 0 aliphatic rings.